The monoisotopic (exact) mass is 252 g/mol. The van der Waals surface area contributed by atoms with Crippen LogP contribution in [0.5, 0.6) is 0 Å². The summed E-state index contributed by atoms with van der Waals surface area (Å²) in [4.78, 5) is 2.30. The number of thiocarbonyl (C=S) groups is 1. The third-order valence-corrected chi connectivity index (χ3v) is 3.40. The van der Waals surface area contributed by atoms with Crippen molar-refractivity contribution in [1.82, 2.24) is 10.2 Å². The molecule has 1 fully saturated rings. The van der Waals surface area contributed by atoms with Crippen molar-refractivity contribution in [3.63, 3.8) is 0 Å². The molecule has 1 aromatic heterocycles. The van der Waals surface area contributed by atoms with Gasteiger partial charge in [0.15, 0.2) is 5.82 Å². The number of piperidine rings is 1. The second-order valence-corrected chi connectivity index (χ2v) is 4.85. The highest BCUT2D eigenvalue weighted by Crippen LogP contribution is 2.23. The van der Waals surface area contributed by atoms with Crippen LogP contribution in [0.15, 0.2) is 12.3 Å². The van der Waals surface area contributed by atoms with Crippen LogP contribution in [0.2, 0.25) is 0 Å². The molecule has 1 aromatic rings. The lowest BCUT2D eigenvalue weighted by atomic mass is 9.96. The summed E-state index contributed by atoms with van der Waals surface area (Å²) in [5.41, 5.74) is 6.38. The molecule has 0 spiro atoms. The van der Waals surface area contributed by atoms with E-state index in [1.807, 2.05) is 11.8 Å². The van der Waals surface area contributed by atoms with Crippen molar-refractivity contribution in [3.05, 3.63) is 17.8 Å². The van der Waals surface area contributed by atoms with Crippen LogP contribution < -0.4 is 10.6 Å². The number of anilines is 1. The van der Waals surface area contributed by atoms with Crippen molar-refractivity contribution in [3.8, 4) is 0 Å². The zero-order valence-corrected chi connectivity index (χ0v) is 10.5. The van der Waals surface area contributed by atoms with E-state index in [0.29, 0.717) is 23.3 Å². The molecule has 3 N–H and O–H groups in total. The Labute approximate surface area is 106 Å². The number of nitrogens with zero attached hydrogens (tertiary/aromatic N) is 3. The van der Waals surface area contributed by atoms with Gasteiger partial charge in [-0.2, -0.15) is 5.10 Å². The molecule has 92 valence electrons. The summed E-state index contributed by atoms with van der Waals surface area (Å²) in [7, 11) is 0. The summed E-state index contributed by atoms with van der Waals surface area (Å²) in [6.07, 6.45) is 2.15. The maximum atomic E-state index is 9.88. The van der Waals surface area contributed by atoms with Crippen LogP contribution in [0.3, 0.4) is 0 Å². The largest absolute Gasteiger partial charge is 0.391 e. The minimum absolute atomic E-state index is 0.308. The zero-order valence-electron chi connectivity index (χ0n) is 9.71. The maximum Gasteiger partial charge on any atom is 0.161 e. The van der Waals surface area contributed by atoms with Gasteiger partial charge in [-0.25, -0.2) is 0 Å². The summed E-state index contributed by atoms with van der Waals surface area (Å²) >= 11 is 4.99. The summed E-state index contributed by atoms with van der Waals surface area (Å²) in [6.45, 7) is 3.44. The van der Waals surface area contributed by atoms with Gasteiger partial charge in [0.05, 0.1) is 17.9 Å². The van der Waals surface area contributed by atoms with Crippen molar-refractivity contribution in [2.24, 2.45) is 11.7 Å². The number of aliphatic hydroxyl groups is 1. The van der Waals surface area contributed by atoms with Crippen molar-refractivity contribution in [2.75, 3.05) is 18.0 Å². The smallest absolute Gasteiger partial charge is 0.161 e. The molecule has 2 heterocycles. The fraction of sp³-hybridized carbons (Fsp3) is 0.545. The quantitative estimate of drug-likeness (QED) is 0.738. The van der Waals surface area contributed by atoms with E-state index in [-0.39, 0.29) is 6.10 Å². The van der Waals surface area contributed by atoms with Crippen LogP contribution in [-0.4, -0.2) is 39.5 Å². The predicted octanol–water partition coefficient (Wildman–Crippen LogP) is 0.318. The third-order valence-electron chi connectivity index (χ3n) is 3.18. The Balaban J connectivity index is 2.25. The molecule has 1 aliphatic rings. The lowest BCUT2D eigenvalue weighted by Gasteiger charge is -2.35. The highest BCUT2D eigenvalue weighted by atomic mass is 32.1. The average Bonchev–Trinajstić information content (AvgIpc) is 2.32. The number of aromatic nitrogens is 2. The van der Waals surface area contributed by atoms with Gasteiger partial charge in [-0.1, -0.05) is 19.1 Å². The number of aliphatic hydroxyl groups excluding tert-OH is 1. The van der Waals surface area contributed by atoms with Crippen LogP contribution in [0.25, 0.3) is 0 Å². The summed E-state index contributed by atoms with van der Waals surface area (Å²) in [6, 6.07) is 1.76. The predicted molar refractivity (Wildman–Crippen MR) is 69.9 cm³/mol. The molecular formula is C11H16N4OS. The Bertz CT molecular complexity index is 426. The molecule has 0 amide bonds. The van der Waals surface area contributed by atoms with E-state index in [2.05, 4.69) is 10.2 Å². The minimum Gasteiger partial charge on any atom is -0.391 e. The first-order valence-corrected chi connectivity index (χ1v) is 6.05. The van der Waals surface area contributed by atoms with Gasteiger partial charge in [0.2, 0.25) is 0 Å². The lowest BCUT2D eigenvalue weighted by molar-refractivity contribution is 0.102. The molecule has 1 aliphatic heterocycles. The Kier molecular flexibility index (Phi) is 3.54. The fourth-order valence-corrected chi connectivity index (χ4v) is 2.15. The molecule has 2 atom stereocenters. The number of nitrogens with two attached hydrogens (primary N) is 1. The first-order valence-electron chi connectivity index (χ1n) is 5.64. The molecule has 6 heteroatoms. The summed E-state index contributed by atoms with van der Waals surface area (Å²) < 4.78 is 0. The molecule has 0 aliphatic carbocycles. The molecule has 0 radical (unpaired) electrons. The van der Waals surface area contributed by atoms with Crippen LogP contribution in [0.4, 0.5) is 5.82 Å². The first-order chi connectivity index (χ1) is 8.09. The van der Waals surface area contributed by atoms with Gasteiger partial charge in [0.25, 0.3) is 0 Å². The second-order valence-electron chi connectivity index (χ2n) is 4.41. The Morgan fingerprint density at radius 2 is 2.41 bits per heavy atom. The van der Waals surface area contributed by atoms with Gasteiger partial charge in [-0.3, -0.25) is 0 Å². The SMILES string of the molecule is CC1CCN(c2nnccc2C(N)=S)CC1O. The van der Waals surface area contributed by atoms with E-state index < -0.39 is 0 Å². The van der Waals surface area contributed by atoms with Crippen LogP contribution in [0, 0.1) is 5.92 Å². The van der Waals surface area contributed by atoms with E-state index in [9.17, 15) is 5.11 Å². The molecule has 0 aromatic carbocycles. The van der Waals surface area contributed by atoms with Crippen molar-refractivity contribution >= 4 is 23.0 Å². The third kappa shape index (κ3) is 2.53. The Hall–Kier alpha value is -1.27. The Morgan fingerprint density at radius 1 is 1.65 bits per heavy atom. The molecular weight excluding hydrogens is 236 g/mol. The molecule has 2 unspecified atom stereocenters. The van der Waals surface area contributed by atoms with Crippen molar-refractivity contribution < 1.29 is 5.11 Å². The normalized spacial score (nSPS) is 24.7. The van der Waals surface area contributed by atoms with Gasteiger partial charge >= 0.3 is 0 Å². The van der Waals surface area contributed by atoms with Gasteiger partial charge in [-0.05, 0) is 18.4 Å². The fourth-order valence-electron chi connectivity index (χ4n) is 1.99. The highest BCUT2D eigenvalue weighted by molar-refractivity contribution is 7.80. The second kappa shape index (κ2) is 4.93. The van der Waals surface area contributed by atoms with E-state index in [1.165, 1.54) is 0 Å². The molecule has 0 bridgehead atoms. The van der Waals surface area contributed by atoms with Gasteiger partial charge in [0.1, 0.15) is 4.99 Å². The van der Waals surface area contributed by atoms with E-state index >= 15 is 0 Å². The maximum absolute atomic E-state index is 9.88. The van der Waals surface area contributed by atoms with Gasteiger partial charge in [-0.15, -0.1) is 5.10 Å². The van der Waals surface area contributed by atoms with Crippen LogP contribution >= 0.6 is 12.2 Å². The molecule has 5 nitrogen and oxygen atoms in total. The lowest BCUT2D eigenvalue weighted by Crippen LogP contribution is -2.44. The average molecular weight is 252 g/mol. The highest BCUT2D eigenvalue weighted by Gasteiger charge is 2.26. The van der Waals surface area contributed by atoms with Gasteiger partial charge < -0.3 is 15.7 Å². The van der Waals surface area contributed by atoms with Gasteiger partial charge in [0, 0.05) is 13.1 Å². The van der Waals surface area contributed by atoms with E-state index in [0.717, 1.165) is 18.5 Å². The Morgan fingerprint density at radius 3 is 3.06 bits per heavy atom. The summed E-state index contributed by atoms with van der Waals surface area (Å²) in [5.74, 6) is 0.988. The standard InChI is InChI=1S/C11H16N4OS/c1-7-3-5-15(6-9(7)16)11-8(10(12)17)2-4-13-14-11/h2,4,7,9,16H,3,5-6H2,1H3,(H2,12,17). The molecule has 1 saturated heterocycles. The van der Waals surface area contributed by atoms with E-state index in [1.54, 1.807) is 12.3 Å². The molecule has 2 rings (SSSR count). The zero-order chi connectivity index (χ0) is 12.4. The number of hydrogen-bond acceptors (Lipinski definition) is 5. The van der Waals surface area contributed by atoms with E-state index in [4.69, 9.17) is 18.0 Å². The first kappa shape index (κ1) is 12.2. The molecule has 0 saturated carbocycles. The minimum atomic E-state index is -0.343. The van der Waals surface area contributed by atoms with Crippen LogP contribution in [-0.2, 0) is 0 Å². The van der Waals surface area contributed by atoms with Crippen LogP contribution in [0.1, 0.15) is 18.9 Å². The topological polar surface area (TPSA) is 75.3 Å². The number of hydrogen-bond donors (Lipinski definition) is 2. The summed E-state index contributed by atoms with van der Waals surface area (Å²) in [5, 5.41) is 17.8. The molecule has 17 heavy (non-hydrogen) atoms. The van der Waals surface area contributed by atoms with Crippen molar-refractivity contribution in [1.29, 1.82) is 0 Å². The number of rotatable bonds is 2. The number of β-amino-alcohol motifs (C(OH)–C–C–N with tert-alkyl or cyclic N) is 1. The van der Waals surface area contributed by atoms with Crippen molar-refractivity contribution in [2.45, 2.75) is 19.4 Å².